The number of amides is 1. The molecule has 0 aliphatic carbocycles. The molecule has 0 aliphatic heterocycles. The highest BCUT2D eigenvalue weighted by Crippen LogP contribution is 2.24. The van der Waals surface area contributed by atoms with Gasteiger partial charge in [-0.3, -0.25) is 4.79 Å². The van der Waals surface area contributed by atoms with Crippen molar-refractivity contribution in [3.05, 3.63) is 108 Å². The second kappa shape index (κ2) is 10.8. The molecule has 4 rings (SSSR count). The van der Waals surface area contributed by atoms with Gasteiger partial charge >= 0.3 is 0 Å². The molecule has 1 N–H and O–H groups in total. The maximum atomic E-state index is 12.7. The van der Waals surface area contributed by atoms with Crippen LogP contribution in [0.2, 0.25) is 0 Å². The Morgan fingerprint density at radius 2 is 1.74 bits per heavy atom. The Balaban J connectivity index is 1.37. The SMILES string of the molecule is CN(C)Cc1ccc(-c2ccccc2CNC(=O)c2ccc(OCc3nccn3C)cc2)cc1. The summed E-state index contributed by atoms with van der Waals surface area (Å²) in [6, 6.07) is 23.9. The van der Waals surface area contributed by atoms with Crippen LogP contribution in [-0.2, 0) is 26.7 Å². The Hall–Kier alpha value is -3.90. The van der Waals surface area contributed by atoms with Crippen LogP contribution in [0.25, 0.3) is 11.1 Å². The lowest BCUT2D eigenvalue weighted by molar-refractivity contribution is 0.0951. The van der Waals surface area contributed by atoms with Crippen LogP contribution in [-0.4, -0.2) is 34.5 Å². The highest BCUT2D eigenvalue weighted by atomic mass is 16.5. The number of aromatic nitrogens is 2. The predicted molar refractivity (Wildman–Crippen MR) is 134 cm³/mol. The Morgan fingerprint density at radius 1 is 1.00 bits per heavy atom. The molecule has 3 aromatic carbocycles. The first-order chi connectivity index (χ1) is 16.5. The molecule has 0 unspecified atom stereocenters. The molecule has 0 saturated carbocycles. The van der Waals surface area contributed by atoms with Gasteiger partial charge in [-0.25, -0.2) is 4.98 Å². The Bertz CT molecular complexity index is 1230. The molecule has 0 radical (unpaired) electrons. The number of ether oxygens (including phenoxy) is 1. The normalized spacial score (nSPS) is 10.9. The molecule has 1 aromatic heterocycles. The van der Waals surface area contributed by atoms with Crippen LogP contribution in [0.4, 0.5) is 0 Å². The van der Waals surface area contributed by atoms with Crippen molar-refractivity contribution in [2.45, 2.75) is 19.7 Å². The van der Waals surface area contributed by atoms with Crippen molar-refractivity contribution in [3.63, 3.8) is 0 Å². The van der Waals surface area contributed by atoms with Gasteiger partial charge in [0.1, 0.15) is 18.2 Å². The highest BCUT2D eigenvalue weighted by Gasteiger charge is 2.10. The molecule has 1 amide bonds. The molecular weight excluding hydrogens is 424 g/mol. The van der Waals surface area contributed by atoms with E-state index in [1.165, 1.54) is 5.56 Å². The molecule has 6 heteroatoms. The second-order valence-electron chi connectivity index (χ2n) is 8.54. The number of carbonyl (C=O) groups excluding carboxylic acids is 1. The minimum absolute atomic E-state index is 0.119. The first kappa shape index (κ1) is 23.3. The summed E-state index contributed by atoms with van der Waals surface area (Å²) in [5.41, 5.74) is 5.20. The molecule has 4 aromatic rings. The van der Waals surface area contributed by atoms with E-state index < -0.39 is 0 Å². The van der Waals surface area contributed by atoms with E-state index in [4.69, 9.17) is 4.74 Å². The van der Waals surface area contributed by atoms with Gasteiger partial charge in [0.15, 0.2) is 0 Å². The maximum absolute atomic E-state index is 12.7. The second-order valence-corrected chi connectivity index (χ2v) is 8.54. The summed E-state index contributed by atoms with van der Waals surface area (Å²) < 4.78 is 7.69. The van der Waals surface area contributed by atoms with Crippen molar-refractivity contribution in [2.75, 3.05) is 14.1 Å². The molecule has 6 nitrogen and oxygen atoms in total. The molecule has 1 heterocycles. The predicted octanol–water partition coefficient (Wildman–Crippen LogP) is 4.66. The molecule has 0 spiro atoms. The van der Waals surface area contributed by atoms with Crippen molar-refractivity contribution in [2.24, 2.45) is 7.05 Å². The fraction of sp³-hybridized carbons (Fsp3) is 0.214. The van der Waals surface area contributed by atoms with Gasteiger partial charge in [-0.15, -0.1) is 0 Å². The van der Waals surface area contributed by atoms with Crippen LogP contribution in [0, 0.1) is 0 Å². The topological polar surface area (TPSA) is 59.4 Å². The van der Waals surface area contributed by atoms with Crippen LogP contribution in [0.5, 0.6) is 5.75 Å². The Morgan fingerprint density at radius 3 is 2.41 bits per heavy atom. The molecular formula is C28H30N4O2. The first-order valence-electron chi connectivity index (χ1n) is 11.3. The smallest absolute Gasteiger partial charge is 0.251 e. The summed E-state index contributed by atoms with van der Waals surface area (Å²) >= 11 is 0. The molecule has 0 atom stereocenters. The van der Waals surface area contributed by atoms with E-state index in [0.717, 1.165) is 29.1 Å². The van der Waals surface area contributed by atoms with Crippen molar-refractivity contribution >= 4 is 5.91 Å². The lowest BCUT2D eigenvalue weighted by Gasteiger charge is -2.13. The van der Waals surface area contributed by atoms with E-state index in [2.05, 4.69) is 65.7 Å². The molecule has 174 valence electrons. The van der Waals surface area contributed by atoms with E-state index in [-0.39, 0.29) is 5.91 Å². The number of hydrogen-bond donors (Lipinski definition) is 1. The quantitative estimate of drug-likeness (QED) is 0.400. The number of imidazole rings is 1. The minimum Gasteiger partial charge on any atom is -0.486 e. The van der Waals surface area contributed by atoms with E-state index in [1.54, 1.807) is 30.5 Å². The number of hydrogen-bond acceptors (Lipinski definition) is 4. The molecule has 0 saturated heterocycles. The van der Waals surface area contributed by atoms with Crippen LogP contribution in [0.1, 0.15) is 27.3 Å². The number of rotatable bonds is 9. The van der Waals surface area contributed by atoms with Crippen molar-refractivity contribution in [3.8, 4) is 16.9 Å². The number of carbonyl (C=O) groups is 1. The zero-order valence-corrected chi connectivity index (χ0v) is 19.9. The summed E-state index contributed by atoms with van der Waals surface area (Å²) in [5, 5.41) is 3.04. The van der Waals surface area contributed by atoms with Crippen LogP contribution < -0.4 is 10.1 Å². The van der Waals surface area contributed by atoms with E-state index >= 15 is 0 Å². The third-order valence-electron chi connectivity index (χ3n) is 5.63. The fourth-order valence-electron chi connectivity index (χ4n) is 3.77. The van der Waals surface area contributed by atoms with Gasteiger partial charge in [0.2, 0.25) is 0 Å². The van der Waals surface area contributed by atoms with Gasteiger partial charge in [0.25, 0.3) is 5.91 Å². The lowest BCUT2D eigenvalue weighted by Crippen LogP contribution is -2.23. The van der Waals surface area contributed by atoms with Crippen molar-refractivity contribution < 1.29 is 9.53 Å². The molecule has 0 aliphatic rings. The highest BCUT2D eigenvalue weighted by molar-refractivity contribution is 5.94. The number of aryl methyl sites for hydroxylation is 1. The summed E-state index contributed by atoms with van der Waals surface area (Å²) in [6.45, 7) is 1.73. The van der Waals surface area contributed by atoms with Crippen LogP contribution in [0.15, 0.2) is 85.2 Å². The van der Waals surface area contributed by atoms with Gasteiger partial charge < -0.3 is 19.5 Å². The van der Waals surface area contributed by atoms with Crippen molar-refractivity contribution in [1.82, 2.24) is 19.8 Å². The number of nitrogens with one attached hydrogen (secondary N) is 1. The standard InChI is InChI=1S/C28H30N4O2/c1-31(2)19-21-8-10-22(11-9-21)26-7-5-4-6-24(26)18-30-28(33)23-12-14-25(15-13-23)34-20-27-29-16-17-32(27)3/h4-17H,18-20H2,1-3H3,(H,30,33). The van der Waals surface area contributed by atoms with Crippen molar-refractivity contribution in [1.29, 1.82) is 0 Å². The summed E-state index contributed by atoms with van der Waals surface area (Å²) in [4.78, 5) is 19.1. The van der Waals surface area contributed by atoms with E-state index in [1.807, 2.05) is 29.9 Å². The van der Waals surface area contributed by atoms with E-state index in [0.29, 0.717) is 24.5 Å². The monoisotopic (exact) mass is 454 g/mol. The fourth-order valence-corrected chi connectivity index (χ4v) is 3.77. The molecule has 34 heavy (non-hydrogen) atoms. The molecule has 0 bridgehead atoms. The lowest BCUT2D eigenvalue weighted by atomic mass is 9.98. The van der Waals surface area contributed by atoms with Crippen LogP contribution in [0.3, 0.4) is 0 Å². The minimum atomic E-state index is -0.119. The van der Waals surface area contributed by atoms with Gasteiger partial charge in [0, 0.05) is 38.1 Å². The zero-order chi connectivity index (χ0) is 23.9. The Labute approximate surface area is 200 Å². The summed E-state index contributed by atoms with van der Waals surface area (Å²) in [6.07, 6.45) is 3.62. The average molecular weight is 455 g/mol. The van der Waals surface area contributed by atoms with Gasteiger partial charge in [-0.05, 0) is 60.6 Å². The third kappa shape index (κ3) is 5.91. The average Bonchev–Trinajstić information content (AvgIpc) is 3.26. The maximum Gasteiger partial charge on any atom is 0.251 e. The van der Waals surface area contributed by atoms with Gasteiger partial charge in [-0.2, -0.15) is 0 Å². The Kier molecular flexibility index (Phi) is 7.40. The first-order valence-corrected chi connectivity index (χ1v) is 11.3. The largest absolute Gasteiger partial charge is 0.486 e. The summed E-state index contributed by atoms with van der Waals surface area (Å²) in [7, 11) is 6.06. The van der Waals surface area contributed by atoms with Gasteiger partial charge in [0.05, 0.1) is 0 Å². The van der Waals surface area contributed by atoms with Crippen LogP contribution >= 0.6 is 0 Å². The van der Waals surface area contributed by atoms with E-state index in [9.17, 15) is 4.79 Å². The number of nitrogens with zero attached hydrogens (tertiary/aromatic N) is 3. The summed E-state index contributed by atoms with van der Waals surface area (Å²) in [5.74, 6) is 1.42. The third-order valence-corrected chi connectivity index (χ3v) is 5.63. The van der Waals surface area contributed by atoms with Gasteiger partial charge in [-0.1, -0.05) is 48.5 Å². The number of benzene rings is 3. The molecule has 0 fully saturated rings. The zero-order valence-electron chi connectivity index (χ0n) is 19.9.